The molecule has 0 saturated heterocycles. The van der Waals surface area contributed by atoms with Crippen LogP contribution in [-0.4, -0.2) is 27.5 Å². The van der Waals surface area contributed by atoms with Crippen molar-refractivity contribution in [2.45, 2.75) is 18.3 Å². The van der Waals surface area contributed by atoms with Gasteiger partial charge >= 0.3 is 5.97 Å². The van der Waals surface area contributed by atoms with Gasteiger partial charge in [0.05, 0.1) is 12.0 Å². The van der Waals surface area contributed by atoms with Gasteiger partial charge in [-0.25, -0.2) is 4.79 Å². The molecule has 14 heavy (non-hydrogen) atoms. The molecular formula is C9H12O4S. The van der Waals surface area contributed by atoms with E-state index in [0.717, 1.165) is 5.76 Å². The largest absolute Gasteiger partial charge is 0.479 e. The number of thioether (sulfide) groups is 1. The summed E-state index contributed by atoms with van der Waals surface area (Å²) >= 11 is 1.32. The summed E-state index contributed by atoms with van der Waals surface area (Å²) in [6.45, 7) is 1.28. The number of hydrogen-bond donors (Lipinski definition) is 2. The highest BCUT2D eigenvalue weighted by atomic mass is 32.2. The molecule has 0 aliphatic carbocycles. The summed E-state index contributed by atoms with van der Waals surface area (Å²) in [6, 6.07) is 3.58. The molecule has 5 heteroatoms. The lowest BCUT2D eigenvalue weighted by molar-refractivity contribution is -0.154. The van der Waals surface area contributed by atoms with Crippen LogP contribution in [0.3, 0.4) is 0 Å². The summed E-state index contributed by atoms with van der Waals surface area (Å²) in [5.74, 6) is 0.278. The normalized spacial score (nSPS) is 15.0. The molecule has 0 aromatic carbocycles. The Labute approximate surface area is 85.9 Å². The zero-order chi connectivity index (χ0) is 10.6. The van der Waals surface area contributed by atoms with E-state index in [1.165, 1.54) is 18.7 Å². The van der Waals surface area contributed by atoms with Crippen molar-refractivity contribution in [3.05, 3.63) is 24.2 Å². The molecule has 1 rings (SSSR count). The van der Waals surface area contributed by atoms with Crippen molar-refractivity contribution >= 4 is 17.7 Å². The molecule has 0 fully saturated rings. The van der Waals surface area contributed by atoms with E-state index in [-0.39, 0.29) is 5.75 Å². The fourth-order valence-electron chi connectivity index (χ4n) is 0.807. The predicted octanol–water partition coefficient (Wildman–Crippen LogP) is 1.35. The standard InChI is InChI=1S/C9H12O4S/c1-9(12,8(10)11)6-14-5-7-3-2-4-13-7/h2-4,12H,5-6H2,1H3,(H,10,11). The molecule has 0 aliphatic rings. The second kappa shape index (κ2) is 4.52. The van der Waals surface area contributed by atoms with Gasteiger partial charge in [0.15, 0.2) is 5.60 Å². The SMILES string of the molecule is CC(O)(CSCc1ccco1)C(=O)O. The first-order valence-corrected chi connectivity index (χ1v) is 5.24. The maximum Gasteiger partial charge on any atom is 0.336 e. The molecule has 1 unspecified atom stereocenters. The molecule has 0 radical (unpaired) electrons. The summed E-state index contributed by atoms with van der Waals surface area (Å²) in [7, 11) is 0. The van der Waals surface area contributed by atoms with Gasteiger partial charge in [-0.05, 0) is 19.1 Å². The second-order valence-corrected chi connectivity index (χ2v) is 4.14. The number of aliphatic hydroxyl groups is 1. The van der Waals surface area contributed by atoms with Crippen LogP contribution in [0.25, 0.3) is 0 Å². The first kappa shape index (κ1) is 11.1. The molecule has 1 atom stereocenters. The van der Waals surface area contributed by atoms with Gasteiger partial charge in [-0.2, -0.15) is 11.8 Å². The van der Waals surface area contributed by atoms with E-state index < -0.39 is 11.6 Å². The molecule has 1 aromatic heterocycles. The van der Waals surface area contributed by atoms with Crippen LogP contribution in [0.2, 0.25) is 0 Å². The van der Waals surface area contributed by atoms with Gasteiger partial charge in [0.2, 0.25) is 0 Å². The van der Waals surface area contributed by atoms with Gasteiger partial charge in [0, 0.05) is 5.75 Å². The lowest BCUT2D eigenvalue weighted by Gasteiger charge is -2.16. The lowest BCUT2D eigenvalue weighted by atomic mass is 10.1. The number of hydrogen-bond acceptors (Lipinski definition) is 4. The van der Waals surface area contributed by atoms with E-state index in [4.69, 9.17) is 9.52 Å². The van der Waals surface area contributed by atoms with E-state index >= 15 is 0 Å². The molecule has 4 nitrogen and oxygen atoms in total. The molecule has 1 heterocycles. The van der Waals surface area contributed by atoms with Crippen LogP contribution in [0.5, 0.6) is 0 Å². The smallest absolute Gasteiger partial charge is 0.336 e. The van der Waals surface area contributed by atoms with Crippen LogP contribution in [0.4, 0.5) is 0 Å². The van der Waals surface area contributed by atoms with Crippen molar-refractivity contribution in [2.24, 2.45) is 0 Å². The Kier molecular flexibility index (Phi) is 3.60. The van der Waals surface area contributed by atoms with Crippen LogP contribution < -0.4 is 0 Å². The fraction of sp³-hybridized carbons (Fsp3) is 0.444. The van der Waals surface area contributed by atoms with Gasteiger partial charge < -0.3 is 14.6 Å². The number of rotatable bonds is 5. The third-order valence-corrected chi connectivity index (χ3v) is 2.92. The monoisotopic (exact) mass is 216 g/mol. The minimum atomic E-state index is -1.67. The molecular weight excluding hydrogens is 204 g/mol. The van der Waals surface area contributed by atoms with E-state index in [1.54, 1.807) is 12.3 Å². The Bertz CT molecular complexity index is 292. The molecule has 0 saturated carbocycles. The molecule has 78 valence electrons. The Balaban J connectivity index is 2.31. The number of furan rings is 1. The van der Waals surface area contributed by atoms with E-state index in [1.807, 2.05) is 6.07 Å². The maximum absolute atomic E-state index is 10.5. The van der Waals surface area contributed by atoms with Crippen LogP contribution in [0.15, 0.2) is 22.8 Å². The molecule has 0 bridgehead atoms. The minimum Gasteiger partial charge on any atom is -0.479 e. The van der Waals surface area contributed by atoms with E-state index in [0.29, 0.717) is 5.75 Å². The quantitative estimate of drug-likeness (QED) is 0.777. The summed E-state index contributed by atoms with van der Waals surface area (Å²) in [5.41, 5.74) is -1.67. The summed E-state index contributed by atoms with van der Waals surface area (Å²) in [6.07, 6.45) is 1.56. The van der Waals surface area contributed by atoms with Crippen molar-refractivity contribution in [3.63, 3.8) is 0 Å². The van der Waals surface area contributed by atoms with Gasteiger partial charge in [-0.15, -0.1) is 0 Å². The van der Waals surface area contributed by atoms with Crippen LogP contribution in [-0.2, 0) is 10.5 Å². The number of carboxylic acid groups (broad SMARTS) is 1. The average molecular weight is 216 g/mol. The summed E-state index contributed by atoms with van der Waals surface area (Å²) < 4.78 is 5.06. The summed E-state index contributed by atoms with van der Waals surface area (Å²) in [4.78, 5) is 10.5. The summed E-state index contributed by atoms with van der Waals surface area (Å²) in [5, 5.41) is 18.0. The Morgan fingerprint density at radius 2 is 2.43 bits per heavy atom. The average Bonchev–Trinajstić information content (AvgIpc) is 2.56. The topological polar surface area (TPSA) is 70.7 Å². The van der Waals surface area contributed by atoms with Crippen molar-refractivity contribution in [2.75, 3.05) is 5.75 Å². The van der Waals surface area contributed by atoms with Crippen molar-refractivity contribution in [1.82, 2.24) is 0 Å². The molecule has 1 aromatic rings. The fourth-order valence-corrected chi connectivity index (χ4v) is 1.80. The van der Waals surface area contributed by atoms with E-state index in [9.17, 15) is 9.90 Å². The zero-order valence-corrected chi connectivity index (χ0v) is 8.58. The van der Waals surface area contributed by atoms with Crippen LogP contribution in [0.1, 0.15) is 12.7 Å². The molecule has 0 amide bonds. The highest BCUT2D eigenvalue weighted by Gasteiger charge is 2.29. The highest BCUT2D eigenvalue weighted by molar-refractivity contribution is 7.98. The first-order valence-electron chi connectivity index (χ1n) is 4.08. The molecule has 0 aliphatic heterocycles. The molecule has 2 N–H and O–H groups in total. The first-order chi connectivity index (χ1) is 6.52. The van der Waals surface area contributed by atoms with Gasteiger partial charge in [-0.3, -0.25) is 0 Å². The van der Waals surface area contributed by atoms with Gasteiger partial charge in [0.1, 0.15) is 5.76 Å². The number of carbonyl (C=O) groups is 1. The van der Waals surface area contributed by atoms with Crippen LogP contribution in [0, 0.1) is 0 Å². The number of carboxylic acids is 1. The highest BCUT2D eigenvalue weighted by Crippen LogP contribution is 2.18. The third-order valence-electron chi connectivity index (χ3n) is 1.67. The van der Waals surface area contributed by atoms with E-state index in [2.05, 4.69) is 0 Å². The van der Waals surface area contributed by atoms with Crippen molar-refractivity contribution < 1.29 is 19.4 Å². The lowest BCUT2D eigenvalue weighted by Crippen LogP contribution is -2.37. The Morgan fingerprint density at radius 1 is 1.71 bits per heavy atom. The zero-order valence-electron chi connectivity index (χ0n) is 7.77. The molecule has 0 spiro atoms. The maximum atomic E-state index is 10.5. The van der Waals surface area contributed by atoms with Crippen molar-refractivity contribution in [1.29, 1.82) is 0 Å². The minimum absolute atomic E-state index is 0.142. The predicted molar refractivity (Wildman–Crippen MR) is 53.1 cm³/mol. The number of aliphatic carboxylic acids is 1. The third kappa shape index (κ3) is 3.08. The van der Waals surface area contributed by atoms with Crippen LogP contribution >= 0.6 is 11.8 Å². The Hall–Kier alpha value is -0.940. The van der Waals surface area contributed by atoms with Gasteiger partial charge in [-0.1, -0.05) is 0 Å². The second-order valence-electron chi connectivity index (χ2n) is 3.15. The van der Waals surface area contributed by atoms with Crippen molar-refractivity contribution in [3.8, 4) is 0 Å². The Morgan fingerprint density at radius 3 is 2.93 bits per heavy atom. The van der Waals surface area contributed by atoms with Gasteiger partial charge in [0.25, 0.3) is 0 Å².